The first-order valence-corrected chi connectivity index (χ1v) is 11.5. The van der Waals surface area contributed by atoms with Gasteiger partial charge in [-0.15, -0.1) is 0 Å². The average Bonchev–Trinajstić information content (AvgIpc) is 3.50. The molecule has 0 saturated heterocycles. The lowest BCUT2D eigenvalue weighted by Crippen LogP contribution is -2.25. The Labute approximate surface area is 212 Å². The molecule has 0 saturated carbocycles. The molecule has 0 fully saturated rings. The zero-order valence-electron chi connectivity index (χ0n) is 19.6. The second-order valence-electron chi connectivity index (χ2n) is 8.53. The van der Waals surface area contributed by atoms with Gasteiger partial charge in [0.15, 0.2) is 0 Å². The molecule has 5 rings (SSSR count). The molecule has 1 aromatic heterocycles. The molecule has 1 aliphatic heterocycles. The number of rotatable bonds is 7. The van der Waals surface area contributed by atoms with Gasteiger partial charge in [-0.3, -0.25) is 9.59 Å². The standard InChI is InChI=1S/C30H22N2O5/c31-28(33)22-12-10-21(11-13-22)27-15-14-25(37-27)16-24-17-26(20-4-2-1-3-5-20)32(29(24)34)18-19-6-8-23(9-7-19)30(35)36/h1-17H,18H2,(H2,31,33)(H,35,36)/b24-16+. The van der Waals surface area contributed by atoms with E-state index in [1.165, 1.54) is 12.1 Å². The molecule has 2 heterocycles. The van der Waals surface area contributed by atoms with Crippen LogP contribution in [0.15, 0.2) is 107 Å². The highest BCUT2D eigenvalue weighted by atomic mass is 16.4. The summed E-state index contributed by atoms with van der Waals surface area (Å²) in [7, 11) is 0. The Hall–Kier alpha value is -5.17. The molecule has 0 atom stereocenters. The zero-order chi connectivity index (χ0) is 25.9. The van der Waals surface area contributed by atoms with Crippen LogP contribution in [-0.4, -0.2) is 27.8 Å². The number of benzene rings is 3. The van der Waals surface area contributed by atoms with Gasteiger partial charge in [-0.05, 0) is 59.7 Å². The van der Waals surface area contributed by atoms with Gasteiger partial charge in [0.25, 0.3) is 5.91 Å². The molecule has 37 heavy (non-hydrogen) atoms. The van der Waals surface area contributed by atoms with Gasteiger partial charge in [-0.25, -0.2) is 4.79 Å². The highest BCUT2D eigenvalue weighted by Crippen LogP contribution is 2.33. The summed E-state index contributed by atoms with van der Waals surface area (Å²) in [5.41, 5.74) is 9.58. The van der Waals surface area contributed by atoms with E-state index >= 15 is 0 Å². The maximum absolute atomic E-state index is 13.5. The van der Waals surface area contributed by atoms with Gasteiger partial charge < -0.3 is 20.2 Å². The molecule has 0 aliphatic carbocycles. The van der Waals surface area contributed by atoms with Gasteiger partial charge in [0.2, 0.25) is 5.91 Å². The molecule has 1 aliphatic rings. The van der Waals surface area contributed by atoms with Crippen molar-refractivity contribution in [2.45, 2.75) is 6.54 Å². The van der Waals surface area contributed by atoms with Crippen LogP contribution in [0.5, 0.6) is 0 Å². The number of carbonyl (C=O) groups is 3. The molecule has 0 radical (unpaired) electrons. The lowest BCUT2D eigenvalue weighted by molar-refractivity contribution is -0.123. The van der Waals surface area contributed by atoms with Crippen LogP contribution in [0.1, 0.15) is 37.6 Å². The van der Waals surface area contributed by atoms with Crippen LogP contribution < -0.4 is 5.73 Å². The summed E-state index contributed by atoms with van der Waals surface area (Å²) < 4.78 is 5.96. The molecule has 7 nitrogen and oxygen atoms in total. The van der Waals surface area contributed by atoms with E-state index < -0.39 is 11.9 Å². The topological polar surface area (TPSA) is 114 Å². The lowest BCUT2D eigenvalue weighted by Gasteiger charge is -2.21. The summed E-state index contributed by atoms with van der Waals surface area (Å²) in [6.45, 7) is 0.284. The molecule has 0 bridgehead atoms. The number of nitrogens with zero attached hydrogens (tertiary/aromatic N) is 1. The van der Waals surface area contributed by atoms with Crippen molar-refractivity contribution in [2.75, 3.05) is 0 Å². The Morgan fingerprint density at radius 3 is 2.16 bits per heavy atom. The van der Waals surface area contributed by atoms with Crippen LogP contribution >= 0.6 is 0 Å². The van der Waals surface area contributed by atoms with E-state index in [-0.39, 0.29) is 18.0 Å². The molecular weight excluding hydrogens is 468 g/mol. The Balaban J connectivity index is 1.44. The van der Waals surface area contributed by atoms with E-state index in [9.17, 15) is 14.4 Å². The number of primary amides is 1. The van der Waals surface area contributed by atoms with E-state index in [2.05, 4.69) is 0 Å². The first-order chi connectivity index (χ1) is 17.9. The number of nitrogens with two attached hydrogens (primary N) is 1. The molecule has 3 aromatic carbocycles. The van der Waals surface area contributed by atoms with Gasteiger partial charge in [-0.2, -0.15) is 0 Å². The minimum Gasteiger partial charge on any atom is -0.478 e. The summed E-state index contributed by atoms with van der Waals surface area (Å²) in [5, 5.41) is 9.17. The third-order valence-corrected chi connectivity index (χ3v) is 6.06. The highest BCUT2D eigenvalue weighted by molar-refractivity contribution is 6.10. The van der Waals surface area contributed by atoms with Gasteiger partial charge >= 0.3 is 5.97 Å². The molecule has 7 heteroatoms. The summed E-state index contributed by atoms with van der Waals surface area (Å²) in [4.78, 5) is 37.7. The van der Waals surface area contributed by atoms with Gasteiger partial charge in [0.1, 0.15) is 11.5 Å². The fraction of sp³-hybridized carbons (Fsp3) is 0.0333. The van der Waals surface area contributed by atoms with Crippen LogP contribution in [-0.2, 0) is 11.3 Å². The fourth-order valence-electron chi connectivity index (χ4n) is 4.13. The van der Waals surface area contributed by atoms with Crippen molar-refractivity contribution in [3.63, 3.8) is 0 Å². The first-order valence-electron chi connectivity index (χ1n) is 11.5. The SMILES string of the molecule is NC(=O)c1ccc(-c2ccc(/C=C3\C=C(c4ccccc4)N(Cc4ccc(C(=O)O)cc4)C3=O)o2)cc1. The maximum Gasteiger partial charge on any atom is 0.335 e. The van der Waals surface area contributed by atoms with Gasteiger partial charge in [-0.1, -0.05) is 54.6 Å². The number of aromatic carboxylic acids is 1. The average molecular weight is 491 g/mol. The summed E-state index contributed by atoms with van der Waals surface area (Å²) in [5.74, 6) is -0.588. The summed E-state index contributed by atoms with van der Waals surface area (Å²) >= 11 is 0. The largest absolute Gasteiger partial charge is 0.478 e. The highest BCUT2D eigenvalue weighted by Gasteiger charge is 2.29. The lowest BCUT2D eigenvalue weighted by atomic mass is 10.1. The van der Waals surface area contributed by atoms with Gasteiger partial charge in [0.05, 0.1) is 17.8 Å². The Bertz CT molecular complexity index is 1550. The quantitative estimate of drug-likeness (QED) is 0.345. The third-order valence-electron chi connectivity index (χ3n) is 6.06. The van der Waals surface area contributed by atoms with Crippen LogP contribution in [0.2, 0.25) is 0 Å². The predicted octanol–water partition coefficient (Wildman–Crippen LogP) is 5.21. The van der Waals surface area contributed by atoms with Crippen LogP contribution in [0, 0.1) is 0 Å². The van der Waals surface area contributed by atoms with Gasteiger partial charge in [0, 0.05) is 16.7 Å². The normalized spacial score (nSPS) is 14.2. The van der Waals surface area contributed by atoms with Crippen molar-refractivity contribution >= 4 is 29.6 Å². The summed E-state index contributed by atoms with van der Waals surface area (Å²) in [6, 6.07) is 26.4. The van der Waals surface area contributed by atoms with Crippen LogP contribution in [0.4, 0.5) is 0 Å². The van der Waals surface area contributed by atoms with Crippen molar-refractivity contribution in [2.24, 2.45) is 5.73 Å². The second-order valence-corrected chi connectivity index (χ2v) is 8.53. The first kappa shape index (κ1) is 23.6. The number of carboxylic acid groups (broad SMARTS) is 1. The monoisotopic (exact) mass is 490 g/mol. The number of hydrogen-bond donors (Lipinski definition) is 2. The molecule has 0 spiro atoms. The molecule has 3 N–H and O–H groups in total. The van der Waals surface area contributed by atoms with E-state index in [0.717, 1.165) is 22.4 Å². The van der Waals surface area contributed by atoms with Crippen molar-refractivity contribution in [3.05, 3.63) is 131 Å². The number of hydrogen-bond acceptors (Lipinski definition) is 4. The van der Waals surface area contributed by atoms with Crippen molar-refractivity contribution in [1.82, 2.24) is 4.90 Å². The second kappa shape index (κ2) is 9.83. The maximum atomic E-state index is 13.5. The third kappa shape index (κ3) is 4.97. The van der Waals surface area contributed by atoms with Crippen LogP contribution in [0.3, 0.4) is 0 Å². The number of carboxylic acids is 1. The minimum atomic E-state index is -1.000. The minimum absolute atomic E-state index is 0.189. The predicted molar refractivity (Wildman–Crippen MR) is 139 cm³/mol. The molecular formula is C30H22N2O5. The van der Waals surface area contributed by atoms with E-state index in [0.29, 0.717) is 22.7 Å². The number of carbonyl (C=O) groups excluding carboxylic acids is 2. The number of amides is 2. The fourth-order valence-corrected chi connectivity index (χ4v) is 4.13. The van der Waals surface area contributed by atoms with Crippen molar-refractivity contribution in [1.29, 1.82) is 0 Å². The van der Waals surface area contributed by atoms with E-state index in [1.54, 1.807) is 59.5 Å². The Morgan fingerprint density at radius 1 is 0.838 bits per heavy atom. The Kier molecular flexibility index (Phi) is 6.26. The van der Waals surface area contributed by atoms with Crippen molar-refractivity contribution in [3.8, 4) is 11.3 Å². The molecule has 182 valence electrons. The van der Waals surface area contributed by atoms with Crippen LogP contribution in [0.25, 0.3) is 23.1 Å². The number of furan rings is 1. The Morgan fingerprint density at radius 2 is 1.51 bits per heavy atom. The molecule has 4 aromatic rings. The van der Waals surface area contributed by atoms with E-state index in [4.69, 9.17) is 15.3 Å². The summed E-state index contributed by atoms with van der Waals surface area (Å²) in [6.07, 6.45) is 3.52. The van der Waals surface area contributed by atoms with E-state index in [1.807, 2.05) is 36.4 Å². The molecule has 0 unspecified atom stereocenters. The zero-order valence-corrected chi connectivity index (χ0v) is 19.6. The smallest absolute Gasteiger partial charge is 0.335 e. The molecule has 2 amide bonds. The van der Waals surface area contributed by atoms with Crippen molar-refractivity contribution < 1.29 is 23.9 Å².